The van der Waals surface area contributed by atoms with Crippen molar-refractivity contribution >= 4 is 28.8 Å². The second kappa shape index (κ2) is 9.72. The molecule has 0 unspecified atom stereocenters. The van der Waals surface area contributed by atoms with E-state index in [1.165, 1.54) is 18.4 Å². The molecule has 6 rings (SSSR count). The van der Waals surface area contributed by atoms with Gasteiger partial charge in [0.2, 0.25) is 5.88 Å². The van der Waals surface area contributed by atoms with Gasteiger partial charge in [-0.25, -0.2) is 9.97 Å². The SMILES string of the molecule is COc1ccc(-c2nc(C(=O)N3CCc4cc(C(=O)NC5CC5)sc4-c4ccccc43)ccc2C#N)cn1. The molecule has 4 aromatic rings. The maximum Gasteiger partial charge on any atom is 0.276 e. The molecule has 1 fully saturated rings. The van der Waals surface area contributed by atoms with Crippen molar-refractivity contribution in [2.45, 2.75) is 25.3 Å². The van der Waals surface area contributed by atoms with Crippen molar-refractivity contribution in [1.82, 2.24) is 15.3 Å². The van der Waals surface area contributed by atoms with Gasteiger partial charge in [0.25, 0.3) is 11.8 Å². The average molecular weight is 522 g/mol. The van der Waals surface area contributed by atoms with E-state index in [2.05, 4.69) is 21.4 Å². The minimum absolute atomic E-state index is 0.0293. The Hall–Kier alpha value is -4.55. The number of anilines is 1. The highest BCUT2D eigenvalue weighted by Crippen LogP contribution is 2.42. The predicted molar refractivity (Wildman–Crippen MR) is 144 cm³/mol. The van der Waals surface area contributed by atoms with Crippen LogP contribution in [0, 0.1) is 11.3 Å². The van der Waals surface area contributed by atoms with Crippen LogP contribution in [0.25, 0.3) is 21.7 Å². The summed E-state index contributed by atoms with van der Waals surface area (Å²) < 4.78 is 5.13. The van der Waals surface area contributed by atoms with E-state index >= 15 is 0 Å². The summed E-state index contributed by atoms with van der Waals surface area (Å²) in [7, 11) is 1.53. The van der Waals surface area contributed by atoms with Gasteiger partial charge in [-0.2, -0.15) is 5.26 Å². The van der Waals surface area contributed by atoms with E-state index in [0.717, 1.165) is 34.5 Å². The van der Waals surface area contributed by atoms with E-state index in [-0.39, 0.29) is 17.5 Å². The second-order valence-corrected chi connectivity index (χ2v) is 10.3. The number of carbonyl (C=O) groups excluding carboxylic acids is 2. The Bertz CT molecular complexity index is 1600. The molecule has 4 heterocycles. The number of nitrogens with one attached hydrogen (secondary N) is 1. The molecular formula is C29H23N5O3S. The number of amides is 2. The van der Waals surface area contributed by atoms with Gasteiger partial charge in [0.05, 0.1) is 28.9 Å². The summed E-state index contributed by atoms with van der Waals surface area (Å²) >= 11 is 1.47. The average Bonchev–Trinajstić information content (AvgIpc) is 3.70. The molecule has 0 spiro atoms. The molecule has 1 aliphatic heterocycles. The van der Waals surface area contributed by atoms with Gasteiger partial charge in [0.15, 0.2) is 0 Å². The van der Waals surface area contributed by atoms with Crippen LogP contribution in [-0.2, 0) is 6.42 Å². The molecule has 8 nitrogen and oxygen atoms in total. The third-order valence-corrected chi connectivity index (χ3v) is 7.90. The van der Waals surface area contributed by atoms with E-state index in [4.69, 9.17) is 4.74 Å². The molecule has 38 heavy (non-hydrogen) atoms. The Morgan fingerprint density at radius 1 is 1.16 bits per heavy atom. The number of rotatable bonds is 5. The fourth-order valence-electron chi connectivity index (χ4n) is 4.57. The van der Waals surface area contributed by atoms with Crippen LogP contribution in [0.1, 0.15) is 44.1 Å². The fourth-order valence-corrected chi connectivity index (χ4v) is 5.72. The van der Waals surface area contributed by atoms with E-state index in [1.54, 1.807) is 35.4 Å². The molecule has 0 saturated heterocycles. The van der Waals surface area contributed by atoms with E-state index < -0.39 is 0 Å². The van der Waals surface area contributed by atoms with Crippen LogP contribution >= 0.6 is 11.3 Å². The highest BCUT2D eigenvalue weighted by atomic mass is 32.1. The highest BCUT2D eigenvalue weighted by molar-refractivity contribution is 7.17. The summed E-state index contributed by atoms with van der Waals surface area (Å²) in [6.07, 6.45) is 4.26. The van der Waals surface area contributed by atoms with Gasteiger partial charge in [0.1, 0.15) is 11.8 Å². The van der Waals surface area contributed by atoms with Gasteiger partial charge in [-0.1, -0.05) is 18.2 Å². The van der Waals surface area contributed by atoms with Gasteiger partial charge >= 0.3 is 0 Å². The van der Waals surface area contributed by atoms with Crippen molar-refractivity contribution in [3.8, 4) is 33.6 Å². The third-order valence-electron chi connectivity index (χ3n) is 6.69. The molecule has 3 aromatic heterocycles. The fraction of sp³-hybridized carbons (Fsp3) is 0.207. The number of thiophene rings is 1. The van der Waals surface area contributed by atoms with E-state index in [1.807, 2.05) is 30.3 Å². The maximum absolute atomic E-state index is 13.9. The normalized spacial score (nSPS) is 14.1. The van der Waals surface area contributed by atoms with Crippen LogP contribution in [-0.4, -0.2) is 41.5 Å². The number of fused-ring (bicyclic) bond motifs is 3. The summed E-state index contributed by atoms with van der Waals surface area (Å²) in [5.74, 6) is 0.158. The predicted octanol–water partition coefficient (Wildman–Crippen LogP) is 4.85. The van der Waals surface area contributed by atoms with Crippen molar-refractivity contribution in [3.63, 3.8) is 0 Å². The lowest BCUT2D eigenvalue weighted by molar-refractivity contribution is 0.0952. The van der Waals surface area contributed by atoms with Crippen molar-refractivity contribution < 1.29 is 14.3 Å². The number of carbonyl (C=O) groups is 2. The number of benzene rings is 1. The number of para-hydroxylation sites is 1. The van der Waals surface area contributed by atoms with Crippen LogP contribution in [0.2, 0.25) is 0 Å². The quantitative estimate of drug-likeness (QED) is 0.402. The molecule has 1 saturated carbocycles. The van der Waals surface area contributed by atoms with Crippen LogP contribution < -0.4 is 15.0 Å². The van der Waals surface area contributed by atoms with Crippen molar-refractivity contribution in [2.24, 2.45) is 0 Å². The lowest BCUT2D eigenvalue weighted by atomic mass is 10.1. The van der Waals surface area contributed by atoms with Crippen LogP contribution in [0.3, 0.4) is 0 Å². The molecule has 0 radical (unpaired) electrons. The molecule has 0 atom stereocenters. The van der Waals surface area contributed by atoms with Crippen molar-refractivity contribution in [2.75, 3.05) is 18.6 Å². The minimum Gasteiger partial charge on any atom is -0.481 e. The molecule has 2 amide bonds. The molecule has 9 heteroatoms. The zero-order chi connectivity index (χ0) is 26.2. The van der Waals surface area contributed by atoms with Crippen LogP contribution in [0.15, 0.2) is 60.8 Å². The molecule has 1 N–H and O–H groups in total. The Labute approximate surface area is 223 Å². The zero-order valence-corrected chi connectivity index (χ0v) is 21.4. The first-order chi connectivity index (χ1) is 18.6. The number of methoxy groups -OCH3 is 1. The van der Waals surface area contributed by atoms with E-state index in [0.29, 0.717) is 46.6 Å². The monoisotopic (exact) mass is 521 g/mol. The largest absolute Gasteiger partial charge is 0.481 e. The van der Waals surface area contributed by atoms with Gasteiger partial charge in [0, 0.05) is 40.9 Å². The number of aromatic nitrogens is 2. The first kappa shape index (κ1) is 23.8. The summed E-state index contributed by atoms with van der Waals surface area (Å²) in [4.78, 5) is 38.8. The zero-order valence-electron chi connectivity index (χ0n) is 20.6. The second-order valence-electron chi connectivity index (χ2n) is 9.23. The van der Waals surface area contributed by atoms with Gasteiger partial charge < -0.3 is 15.0 Å². The van der Waals surface area contributed by atoms with Gasteiger partial charge in [-0.05, 0) is 55.2 Å². The van der Waals surface area contributed by atoms with Crippen LogP contribution in [0.4, 0.5) is 5.69 Å². The standard InChI is InChI=1S/C29H23N5O3S/c1-37-25-11-7-19(16-31-25)26-18(15-30)6-10-22(33-26)29(36)34-13-12-17-14-24(28(35)32-20-8-9-20)38-27(17)21-4-2-3-5-23(21)34/h2-7,10-11,14,16,20H,8-9,12-13H2,1H3,(H,32,35). The smallest absolute Gasteiger partial charge is 0.276 e. The Kier molecular flexibility index (Phi) is 6.10. The molecule has 0 bridgehead atoms. The Morgan fingerprint density at radius 2 is 2.00 bits per heavy atom. The van der Waals surface area contributed by atoms with Crippen molar-refractivity contribution in [3.05, 3.63) is 82.5 Å². The Balaban J connectivity index is 1.35. The van der Waals surface area contributed by atoms with Crippen molar-refractivity contribution in [1.29, 1.82) is 5.26 Å². The maximum atomic E-state index is 13.9. The summed E-state index contributed by atoms with van der Waals surface area (Å²) in [6.45, 7) is 0.435. The Morgan fingerprint density at radius 3 is 2.74 bits per heavy atom. The first-order valence-electron chi connectivity index (χ1n) is 12.3. The summed E-state index contributed by atoms with van der Waals surface area (Å²) in [5, 5.41) is 12.7. The number of ether oxygens (including phenoxy) is 1. The minimum atomic E-state index is -0.258. The molecule has 2 aliphatic rings. The number of pyridine rings is 2. The van der Waals surface area contributed by atoms with Gasteiger partial charge in [-0.3, -0.25) is 9.59 Å². The number of nitrogens with zero attached hydrogens (tertiary/aromatic N) is 4. The highest BCUT2D eigenvalue weighted by Gasteiger charge is 2.30. The van der Waals surface area contributed by atoms with Crippen LogP contribution in [0.5, 0.6) is 5.88 Å². The molecule has 188 valence electrons. The molecular weight excluding hydrogens is 498 g/mol. The topological polar surface area (TPSA) is 108 Å². The lowest BCUT2D eigenvalue weighted by Gasteiger charge is -2.23. The molecule has 1 aliphatic carbocycles. The summed E-state index contributed by atoms with van der Waals surface area (Å²) in [5.41, 5.74) is 4.33. The molecule has 1 aromatic carbocycles. The lowest BCUT2D eigenvalue weighted by Crippen LogP contribution is -2.33. The van der Waals surface area contributed by atoms with Gasteiger partial charge in [-0.15, -0.1) is 11.3 Å². The number of hydrogen-bond acceptors (Lipinski definition) is 7. The first-order valence-corrected chi connectivity index (χ1v) is 13.1. The third kappa shape index (κ3) is 4.40. The summed E-state index contributed by atoms with van der Waals surface area (Å²) in [6, 6.07) is 18.8. The number of nitriles is 1. The van der Waals surface area contributed by atoms with E-state index in [9.17, 15) is 14.9 Å². The number of hydrogen-bond donors (Lipinski definition) is 1.